The summed E-state index contributed by atoms with van der Waals surface area (Å²) in [6.07, 6.45) is -10.5. The molecular weight excluding hydrogens is 322 g/mol. The molecule has 0 saturated heterocycles. The largest absolute Gasteiger partial charge is 0.494 e. The Morgan fingerprint density at radius 3 is 2.00 bits per heavy atom. The molecule has 2 nitrogen and oxygen atoms in total. The maximum absolute atomic E-state index is 12.8. The van der Waals surface area contributed by atoms with Gasteiger partial charge in [-0.1, -0.05) is 6.07 Å². The van der Waals surface area contributed by atoms with Gasteiger partial charge in [0.2, 0.25) is 0 Å². The normalized spacial score (nSPS) is 13.4. The molecule has 0 bridgehead atoms. The van der Waals surface area contributed by atoms with Crippen LogP contribution in [0.15, 0.2) is 23.1 Å². The average Bonchev–Trinajstić information content (AvgIpc) is 2.35. The number of thioether (sulfide) groups is 1. The van der Waals surface area contributed by atoms with Gasteiger partial charge in [-0.2, -0.15) is 26.3 Å². The van der Waals surface area contributed by atoms with Crippen LogP contribution in [0.25, 0.3) is 0 Å². The second kappa shape index (κ2) is 5.96. The minimum Gasteiger partial charge on any atom is -0.494 e. The first-order valence-electron chi connectivity index (χ1n) is 5.66. The summed E-state index contributed by atoms with van der Waals surface area (Å²) in [5, 5.41) is 9.38. The monoisotopic (exact) mass is 334 g/mol. The molecular formula is C12H12F6O2S. The zero-order valence-corrected chi connectivity index (χ0v) is 11.8. The van der Waals surface area contributed by atoms with E-state index in [1.165, 1.54) is 6.26 Å². The molecule has 21 heavy (non-hydrogen) atoms. The first-order valence-corrected chi connectivity index (χ1v) is 6.88. The van der Waals surface area contributed by atoms with Gasteiger partial charge in [-0.05, 0) is 25.3 Å². The average molecular weight is 334 g/mol. The maximum atomic E-state index is 12.8. The molecule has 0 amide bonds. The van der Waals surface area contributed by atoms with E-state index in [-0.39, 0.29) is 17.3 Å². The summed E-state index contributed by atoms with van der Waals surface area (Å²) in [5.41, 5.74) is -6.19. The third kappa shape index (κ3) is 3.23. The number of halogens is 6. The van der Waals surface area contributed by atoms with E-state index in [2.05, 4.69) is 0 Å². The number of alkyl halides is 6. The van der Waals surface area contributed by atoms with Crippen molar-refractivity contribution < 1.29 is 36.2 Å². The molecule has 0 fully saturated rings. The van der Waals surface area contributed by atoms with Crippen molar-refractivity contribution in [2.45, 2.75) is 29.8 Å². The van der Waals surface area contributed by atoms with Crippen molar-refractivity contribution in [3.05, 3.63) is 23.8 Å². The van der Waals surface area contributed by atoms with E-state index in [0.717, 1.165) is 12.1 Å². The topological polar surface area (TPSA) is 29.5 Å². The highest BCUT2D eigenvalue weighted by molar-refractivity contribution is 7.98. The second-order valence-corrected chi connectivity index (χ2v) is 4.85. The van der Waals surface area contributed by atoms with Crippen molar-refractivity contribution in [2.75, 3.05) is 12.9 Å². The molecule has 0 aromatic heterocycles. The van der Waals surface area contributed by atoms with Crippen LogP contribution in [0.1, 0.15) is 12.5 Å². The fourth-order valence-corrected chi connectivity index (χ4v) is 2.36. The Kier molecular flexibility index (Phi) is 5.09. The fourth-order valence-electron chi connectivity index (χ4n) is 1.69. The molecule has 0 unspecified atom stereocenters. The molecule has 0 spiro atoms. The zero-order chi connectivity index (χ0) is 16.5. The van der Waals surface area contributed by atoms with Crippen molar-refractivity contribution in [3.8, 4) is 5.75 Å². The lowest BCUT2D eigenvalue weighted by Crippen LogP contribution is -2.54. The Labute approximate surface area is 121 Å². The van der Waals surface area contributed by atoms with Gasteiger partial charge in [0.1, 0.15) is 5.75 Å². The standard InChI is InChI=1S/C12H12F6O2S/c1-3-20-7-4-5-8(9(6-7)21-2)10(19,11(13,14)15)12(16,17)18/h4-6,19H,3H2,1-2H3. The van der Waals surface area contributed by atoms with Gasteiger partial charge < -0.3 is 9.84 Å². The van der Waals surface area contributed by atoms with Gasteiger partial charge >= 0.3 is 12.4 Å². The van der Waals surface area contributed by atoms with E-state index in [1.54, 1.807) is 6.92 Å². The molecule has 1 aromatic rings. The summed E-state index contributed by atoms with van der Waals surface area (Å²) < 4.78 is 82.1. The molecule has 0 aliphatic heterocycles. The molecule has 0 atom stereocenters. The summed E-state index contributed by atoms with van der Waals surface area (Å²) >= 11 is 0.655. The van der Waals surface area contributed by atoms with Crippen LogP contribution in [0.2, 0.25) is 0 Å². The molecule has 120 valence electrons. The lowest BCUT2D eigenvalue weighted by Gasteiger charge is -2.33. The third-order valence-corrected chi connectivity index (χ3v) is 3.47. The predicted octanol–water partition coefficient (Wildman–Crippen LogP) is 4.12. The van der Waals surface area contributed by atoms with Crippen LogP contribution in [0.4, 0.5) is 26.3 Å². The number of benzene rings is 1. The van der Waals surface area contributed by atoms with E-state index >= 15 is 0 Å². The van der Waals surface area contributed by atoms with Crippen molar-refractivity contribution in [3.63, 3.8) is 0 Å². The van der Waals surface area contributed by atoms with Gasteiger partial charge in [-0.3, -0.25) is 0 Å². The molecule has 1 aromatic carbocycles. The molecule has 0 heterocycles. The Balaban J connectivity index is 3.53. The predicted molar refractivity (Wildman–Crippen MR) is 65.4 cm³/mol. The molecule has 0 aliphatic carbocycles. The highest BCUT2D eigenvalue weighted by atomic mass is 32.2. The number of aliphatic hydroxyl groups is 1. The van der Waals surface area contributed by atoms with E-state index < -0.39 is 23.5 Å². The minimum absolute atomic E-state index is 0.122. The molecule has 1 rings (SSSR count). The van der Waals surface area contributed by atoms with Crippen molar-refractivity contribution in [1.29, 1.82) is 0 Å². The lowest BCUT2D eigenvalue weighted by molar-refractivity contribution is -0.377. The Bertz CT molecular complexity index is 484. The van der Waals surface area contributed by atoms with E-state index in [1.807, 2.05) is 0 Å². The first kappa shape index (κ1) is 18.0. The summed E-state index contributed by atoms with van der Waals surface area (Å²) in [6, 6.07) is 2.57. The van der Waals surface area contributed by atoms with Gasteiger partial charge in [0, 0.05) is 10.5 Å². The quantitative estimate of drug-likeness (QED) is 0.663. The summed E-state index contributed by atoms with van der Waals surface area (Å²) in [5.74, 6) is 0.122. The van der Waals surface area contributed by atoms with Crippen molar-refractivity contribution >= 4 is 11.8 Å². The van der Waals surface area contributed by atoms with Crippen LogP contribution in [0, 0.1) is 0 Å². The minimum atomic E-state index is -5.90. The third-order valence-electron chi connectivity index (χ3n) is 2.69. The van der Waals surface area contributed by atoms with E-state index in [9.17, 15) is 31.4 Å². The van der Waals surface area contributed by atoms with Crippen LogP contribution in [-0.4, -0.2) is 30.3 Å². The maximum Gasteiger partial charge on any atom is 0.430 e. The Morgan fingerprint density at radius 1 is 1.10 bits per heavy atom. The second-order valence-electron chi connectivity index (χ2n) is 4.00. The van der Waals surface area contributed by atoms with Gasteiger partial charge in [0.15, 0.2) is 0 Å². The number of ether oxygens (including phenoxy) is 1. The molecule has 0 saturated carbocycles. The number of hydrogen-bond donors (Lipinski definition) is 1. The Morgan fingerprint density at radius 2 is 1.62 bits per heavy atom. The van der Waals surface area contributed by atoms with Crippen LogP contribution in [0.5, 0.6) is 5.75 Å². The van der Waals surface area contributed by atoms with Gasteiger partial charge in [0.25, 0.3) is 5.60 Å². The SMILES string of the molecule is CCOc1ccc(C(O)(C(F)(F)F)C(F)(F)F)c(SC)c1. The van der Waals surface area contributed by atoms with Gasteiger partial charge in [-0.25, -0.2) is 0 Å². The first-order chi connectivity index (χ1) is 9.49. The summed E-state index contributed by atoms with van der Waals surface area (Å²) in [6.45, 7) is 1.82. The van der Waals surface area contributed by atoms with Crippen LogP contribution in [0.3, 0.4) is 0 Å². The van der Waals surface area contributed by atoms with Crippen LogP contribution >= 0.6 is 11.8 Å². The highest BCUT2D eigenvalue weighted by Gasteiger charge is 2.72. The van der Waals surface area contributed by atoms with E-state index in [0.29, 0.717) is 17.8 Å². The number of hydrogen-bond acceptors (Lipinski definition) is 3. The lowest BCUT2D eigenvalue weighted by atomic mass is 9.92. The molecule has 0 aliphatic rings. The number of rotatable bonds is 4. The van der Waals surface area contributed by atoms with Crippen LogP contribution in [-0.2, 0) is 5.60 Å². The zero-order valence-electron chi connectivity index (χ0n) is 11.0. The van der Waals surface area contributed by atoms with Gasteiger partial charge in [0.05, 0.1) is 6.61 Å². The van der Waals surface area contributed by atoms with Gasteiger partial charge in [-0.15, -0.1) is 11.8 Å². The smallest absolute Gasteiger partial charge is 0.430 e. The molecule has 0 radical (unpaired) electrons. The summed E-state index contributed by atoms with van der Waals surface area (Å²) in [7, 11) is 0. The van der Waals surface area contributed by atoms with Crippen molar-refractivity contribution in [1.82, 2.24) is 0 Å². The fraction of sp³-hybridized carbons (Fsp3) is 0.500. The van der Waals surface area contributed by atoms with Crippen molar-refractivity contribution in [2.24, 2.45) is 0 Å². The molecule has 9 heteroatoms. The Hall–Kier alpha value is -1.09. The summed E-state index contributed by atoms with van der Waals surface area (Å²) in [4.78, 5) is -0.363. The highest BCUT2D eigenvalue weighted by Crippen LogP contribution is 2.52. The van der Waals surface area contributed by atoms with Crippen LogP contribution < -0.4 is 4.74 Å². The molecule has 1 N–H and O–H groups in total. The van der Waals surface area contributed by atoms with E-state index in [4.69, 9.17) is 4.74 Å².